The van der Waals surface area contributed by atoms with Crippen LogP contribution in [-0.4, -0.2) is 23.2 Å². The van der Waals surface area contributed by atoms with Crippen molar-refractivity contribution in [1.29, 1.82) is 0 Å². The quantitative estimate of drug-likeness (QED) is 0.759. The molecule has 0 bridgehead atoms. The smallest absolute Gasteiger partial charge is 0.303 e. The first-order chi connectivity index (χ1) is 7.13. The number of ether oxygens (including phenoxy) is 1. The Labute approximate surface area is 87.9 Å². The van der Waals surface area contributed by atoms with Gasteiger partial charge in [0.15, 0.2) is 0 Å². The van der Waals surface area contributed by atoms with Gasteiger partial charge in [0.25, 0.3) is 0 Å². The largest absolute Gasteiger partial charge is 0.481 e. The van der Waals surface area contributed by atoms with E-state index in [2.05, 4.69) is 4.98 Å². The zero-order valence-corrected chi connectivity index (χ0v) is 8.56. The maximum Gasteiger partial charge on any atom is 0.303 e. The Morgan fingerprint density at radius 2 is 2.40 bits per heavy atom. The first-order valence-electron chi connectivity index (χ1n) is 4.63. The van der Waals surface area contributed by atoms with Crippen LogP contribution in [0.25, 0.3) is 0 Å². The van der Waals surface area contributed by atoms with E-state index in [1.54, 1.807) is 12.3 Å². The van der Waals surface area contributed by atoms with Crippen LogP contribution in [0, 0.1) is 0 Å². The first kappa shape index (κ1) is 11.3. The van der Waals surface area contributed by atoms with Gasteiger partial charge in [-0.15, -0.1) is 0 Å². The van der Waals surface area contributed by atoms with E-state index in [0.29, 0.717) is 24.4 Å². The van der Waals surface area contributed by atoms with Crippen molar-refractivity contribution in [3.8, 4) is 5.88 Å². The minimum atomic E-state index is -0.796. The van der Waals surface area contributed by atoms with Gasteiger partial charge in [0.05, 0.1) is 7.11 Å². The Kier molecular flexibility index (Phi) is 3.91. The number of nitrogen functional groups attached to an aromatic ring is 1. The summed E-state index contributed by atoms with van der Waals surface area (Å²) < 4.78 is 4.91. The minimum Gasteiger partial charge on any atom is -0.481 e. The lowest BCUT2D eigenvalue weighted by atomic mass is 10.1. The van der Waals surface area contributed by atoms with Crippen LogP contribution in [0.5, 0.6) is 5.88 Å². The molecule has 1 rings (SSSR count). The van der Waals surface area contributed by atoms with Crippen LogP contribution in [0.2, 0.25) is 0 Å². The van der Waals surface area contributed by atoms with Gasteiger partial charge in [-0.05, 0) is 18.4 Å². The summed E-state index contributed by atoms with van der Waals surface area (Å²) in [6.07, 6.45) is 2.95. The number of nitrogens with two attached hydrogens (primary N) is 1. The third-order valence-electron chi connectivity index (χ3n) is 2.04. The molecule has 0 amide bonds. The topological polar surface area (TPSA) is 85.4 Å². The molecule has 0 spiro atoms. The van der Waals surface area contributed by atoms with E-state index >= 15 is 0 Å². The van der Waals surface area contributed by atoms with Crippen molar-refractivity contribution in [3.63, 3.8) is 0 Å². The molecule has 5 nitrogen and oxygen atoms in total. The summed E-state index contributed by atoms with van der Waals surface area (Å²) in [6.45, 7) is 0. The van der Waals surface area contributed by atoms with Crippen molar-refractivity contribution < 1.29 is 14.6 Å². The molecule has 0 saturated carbocycles. The summed E-state index contributed by atoms with van der Waals surface area (Å²) in [5.41, 5.74) is 7.19. The number of anilines is 1. The van der Waals surface area contributed by atoms with Gasteiger partial charge >= 0.3 is 5.97 Å². The molecule has 0 saturated heterocycles. The summed E-state index contributed by atoms with van der Waals surface area (Å²) >= 11 is 0. The van der Waals surface area contributed by atoms with E-state index in [1.165, 1.54) is 7.11 Å². The zero-order chi connectivity index (χ0) is 11.3. The van der Waals surface area contributed by atoms with Crippen LogP contribution >= 0.6 is 0 Å². The summed E-state index contributed by atoms with van der Waals surface area (Å²) in [4.78, 5) is 14.3. The average molecular weight is 210 g/mol. The van der Waals surface area contributed by atoms with Gasteiger partial charge < -0.3 is 15.6 Å². The van der Waals surface area contributed by atoms with Crippen LogP contribution in [0.3, 0.4) is 0 Å². The molecular weight excluding hydrogens is 196 g/mol. The van der Waals surface area contributed by atoms with Crippen LogP contribution in [0.4, 0.5) is 5.69 Å². The number of aryl methyl sites for hydroxylation is 1. The van der Waals surface area contributed by atoms with Crippen molar-refractivity contribution >= 4 is 11.7 Å². The maximum atomic E-state index is 10.3. The van der Waals surface area contributed by atoms with E-state index in [4.69, 9.17) is 15.6 Å². The molecule has 15 heavy (non-hydrogen) atoms. The molecule has 5 heteroatoms. The van der Waals surface area contributed by atoms with E-state index in [1.807, 2.05) is 0 Å². The Morgan fingerprint density at radius 1 is 1.67 bits per heavy atom. The molecule has 82 valence electrons. The van der Waals surface area contributed by atoms with Crippen molar-refractivity contribution in [1.82, 2.24) is 4.98 Å². The monoisotopic (exact) mass is 210 g/mol. The number of hydrogen-bond donors (Lipinski definition) is 2. The van der Waals surface area contributed by atoms with Crippen LogP contribution in [-0.2, 0) is 11.2 Å². The predicted octanol–water partition coefficient (Wildman–Crippen LogP) is 1.08. The Balaban J connectivity index is 2.58. The highest BCUT2D eigenvalue weighted by Gasteiger charge is 2.04. The number of carboxylic acid groups (broad SMARTS) is 1. The van der Waals surface area contributed by atoms with E-state index in [-0.39, 0.29) is 6.42 Å². The molecule has 0 fully saturated rings. The normalized spacial score (nSPS) is 9.93. The van der Waals surface area contributed by atoms with Crippen LogP contribution in [0.15, 0.2) is 12.3 Å². The second kappa shape index (κ2) is 5.19. The second-order valence-electron chi connectivity index (χ2n) is 3.17. The number of rotatable bonds is 5. The Bertz CT molecular complexity index is 353. The SMILES string of the molecule is COc1cc(N)c(CCCC(=O)O)cn1. The molecule has 1 aromatic heterocycles. The van der Waals surface area contributed by atoms with Crippen molar-refractivity contribution in [2.24, 2.45) is 0 Å². The zero-order valence-electron chi connectivity index (χ0n) is 8.56. The summed E-state index contributed by atoms with van der Waals surface area (Å²) in [5, 5.41) is 8.48. The molecule has 0 aliphatic carbocycles. The van der Waals surface area contributed by atoms with Gasteiger partial charge in [-0.3, -0.25) is 4.79 Å². The standard InChI is InChI=1S/C10H14N2O3/c1-15-9-5-8(11)7(6-12-9)3-2-4-10(13)14/h5-6H,2-4H2,1H3,(H2,11,12)(H,13,14). The number of aromatic nitrogens is 1. The van der Waals surface area contributed by atoms with Crippen molar-refractivity contribution in [3.05, 3.63) is 17.8 Å². The fourth-order valence-electron chi connectivity index (χ4n) is 1.23. The summed E-state index contributed by atoms with van der Waals surface area (Å²) in [7, 11) is 1.52. The van der Waals surface area contributed by atoms with Crippen LogP contribution in [0.1, 0.15) is 18.4 Å². The number of nitrogens with zero attached hydrogens (tertiary/aromatic N) is 1. The van der Waals surface area contributed by atoms with Gasteiger partial charge in [-0.2, -0.15) is 0 Å². The van der Waals surface area contributed by atoms with Gasteiger partial charge in [0.1, 0.15) is 0 Å². The highest BCUT2D eigenvalue weighted by Crippen LogP contribution is 2.18. The Morgan fingerprint density at radius 3 is 2.93 bits per heavy atom. The number of carbonyl (C=O) groups is 1. The lowest BCUT2D eigenvalue weighted by molar-refractivity contribution is -0.137. The molecule has 1 aromatic rings. The predicted molar refractivity (Wildman–Crippen MR) is 55.8 cm³/mol. The van der Waals surface area contributed by atoms with Gasteiger partial charge in [-0.25, -0.2) is 4.98 Å². The number of hydrogen-bond acceptors (Lipinski definition) is 4. The van der Waals surface area contributed by atoms with Crippen molar-refractivity contribution in [2.75, 3.05) is 12.8 Å². The molecular formula is C10H14N2O3. The molecule has 0 radical (unpaired) electrons. The third kappa shape index (κ3) is 3.46. The molecule has 0 unspecified atom stereocenters. The number of methoxy groups -OCH3 is 1. The minimum absolute atomic E-state index is 0.144. The molecule has 0 aliphatic heterocycles. The molecule has 3 N–H and O–H groups in total. The highest BCUT2D eigenvalue weighted by molar-refractivity contribution is 5.66. The average Bonchev–Trinajstić information content (AvgIpc) is 2.20. The molecule has 0 aromatic carbocycles. The van der Waals surface area contributed by atoms with E-state index in [0.717, 1.165) is 5.56 Å². The molecule has 1 heterocycles. The van der Waals surface area contributed by atoms with E-state index in [9.17, 15) is 4.79 Å². The number of carboxylic acids is 1. The van der Waals surface area contributed by atoms with Gasteiger partial charge in [0, 0.05) is 24.4 Å². The summed E-state index contributed by atoms with van der Waals surface area (Å²) in [6, 6.07) is 1.64. The van der Waals surface area contributed by atoms with E-state index < -0.39 is 5.97 Å². The highest BCUT2D eigenvalue weighted by atomic mass is 16.5. The lowest BCUT2D eigenvalue weighted by Gasteiger charge is -2.05. The van der Waals surface area contributed by atoms with Crippen molar-refractivity contribution in [2.45, 2.75) is 19.3 Å². The van der Waals surface area contributed by atoms with Gasteiger partial charge in [-0.1, -0.05) is 0 Å². The Hall–Kier alpha value is -1.78. The second-order valence-corrected chi connectivity index (χ2v) is 3.17. The van der Waals surface area contributed by atoms with Crippen LogP contribution < -0.4 is 10.5 Å². The fraction of sp³-hybridized carbons (Fsp3) is 0.400. The number of aliphatic carboxylic acids is 1. The first-order valence-corrected chi connectivity index (χ1v) is 4.63. The molecule has 0 atom stereocenters. The fourth-order valence-corrected chi connectivity index (χ4v) is 1.23. The third-order valence-corrected chi connectivity index (χ3v) is 2.04. The molecule has 0 aliphatic rings. The summed E-state index contributed by atoms with van der Waals surface area (Å²) in [5.74, 6) is -0.329. The maximum absolute atomic E-state index is 10.3. The number of pyridine rings is 1. The van der Waals surface area contributed by atoms with Gasteiger partial charge in [0.2, 0.25) is 5.88 Å². The lowest BCUT2D eigenvalue weighted by Crippen LogP contribution is -2.00.